The first-order chi connectivity index (χ1) is 39.4. The smallest absolute Gasteiger partial charge is 0.187 e. The van der Waals surface area contributed by atoms with Crippen LogP contribution in [0.4, 0.5) is 0 Å². The summed E-state index contributed by atoms with van der Waals surface area (Å²) in [5.41, 5.74) is 22.3. The molecule has 35 atom stereocenters. The molecule has 0 amide bonds. The number of aliphatic imine (C=N–C) groups is 2. The Morgan fingerprint density at radius 2 is 0.373 bits per heavy atom. The van der Waals surface area contributed by atoms with Gasteiger partial charge in [0.05, 0.1) is 46.1 Å². The van der Waals surface area contributed by atoms with E-state index in [9.17, 15) is 97.0 Å². The molecule has 14 bridgehead atoms. The van der Waals surface area contributed by atoms with Crippen LogP contribution in [0.5, 0.6) is 0 Å². The largest absolute Gasteiger partial charge is 0.394 e. The first kappa shape index (κ1) is 66.2. The summed E-state index contributed by atoms with van der Waals surface area (Å²) >= 11 is 0. The summed E-state index contributed by atoms with van der Waals surface area (Å²) < 4.78 is 81.0. The predicted octanol–water partition coefficient (Wildman–Crippen LogP) is -16.7. The zero-order valence-electron chi connectivity index (χ0n) is 43.6. The van der Waals surface area contributed by atoms with Gasteiger partial charge in [-0.2, -0.15) is 0 Å². The van der Waals surface area contributed by atoms with Crippen molar-refractivity contribution in [2.45, 2.75) is 215 Å². The van der Waals surface area contributed by atoms with Crippen LogP contribution in [-0.2, 0) is 66.3 Å². The van der Waals surface area contributed by atoms with E-state index >= 15 is 0 Å². The number of nitrogens with zero attached hydrogens (tertiary/aromatic N) is 2. The van der Waals surface area contributed by atoms with Crippen LogP contribution in [0.1, 0.15) is 0 Å². The second kappa shape index (κ2) is 28.1. The molecule has 21 rings (SSSR count). The molecule has 39 nitrogen and oxygen atoms in total. The van der Waals surface area contributed by atoms with Gasteiger partial charge in [0.25, 0.3) is 0 Å². The van der Waals surface area contributed by atoms with Gasteiger partial charge in [0.15, 0.2) is 55.9 Å². The Morgan fingerprint density at radius 1 is 0.229 bits per heavy atom. The normalized spacial score (nSPS) is 52.0. The molecule has 0 radical (unpaired) electrons. The molecule has 0 aromatic rings. The van der Waals surface area contributed by atoms with Gasteiger partial charge in [-0.15, -0.1) is 0 Å². The minimum absolute atomic E-state index is 0.544. The van der Waals surface area contributed by atoms with Crippen molar-refractivity contribution < 1.29 is 163 Å². The first-order valence-electron chi connectivity index (χ1n) is 26.2. The molecule has 27 N–H and O–H groups in total. The fourth-order valence-corrected chi connectivity index (χ4v) is 10.8. The molecule has 21 fully saturated rings. The fourth-order valence-electron chi connectivity index (χ4n) is 10.8. The summed E-state index contributed by atoms with van der Waals surface area (Å²) in [5.74, 6) is -1.09. The van der Waals surface area contributed by atoms with E-state index < -0.39 is 273 Å². The van der Waals surface area contributed by atoms with Crippen LogP contribution in [0.15, 0.2) is 9.98 Å². The Bertz CT molecular complexity index is 2090. The van der Waals surface area contributed by atoms with E-state index in [0.29, 0.717) is 0 Å². The lowest BCUT2D eigenvalue weighted by atomic mass is 9.95. The lowest BCUT2D eigenvalue weighted by Crippen LogP contribution is -2.68. The number of aliphatic hydroxyl groups excluding tert-OH is 19. The standard InChI is InChI=1S/C44H76N6O33/c45-43(46)49-1-8-29-16(57)23(64)37(71-8)80-32-11(4-52)75-41(27(68)20(32)61)83-35-14(7-55)76-42(28(69)21(35)62)82-34-13(6-54)73-39(25(66)18(34)59)78-30-9(2-50-44(47)48)70-36(22(63)15(30)56)79-31-10(3-51)74-40(26(67)19(31)60)81-33-12(5-53)72-38(77-29)24(65)17(33)58/h8-42,51-69H,1-7H2,(H4,45,46,49)(H4,47,48,50)/t8-,9-,10-,11-,12-,13-,14-,15-,16-,17-,18-,19-,20-,21-,22-,23-,24-,25-,26-,27-,28-,29-,30-,31-,32-,33-,34-,35-,36-,37-,38-,39-,40-,41-,42-/m1/s1. The molecule has 21 saturated heterocycles. The second-order valence-corrected chi connectivity index (χ2v) is 20.8. The third-order valence-electron chi connectivity index (χ3n) is 15.3. The zero-order chi connectivity index (χ0) is 60.6. The lowest BCUT2D eigenvalue weighted by Gasteiger charge is -2.50. The monoisotopic (exact) mass is 1220 g/mol. The van der Waals surface area contributed by atoms with Gasteiger partial charge >= 0.3 is 0 Å². The fraction of sp³-hybridized carbons (Fsp3) is 0.955. The van der Waals surface area contributed by atoms with Crippen LogP contribution >= 0.6 is 0 Å². The molecule has 0 saturated carbocycles. The molecule has 0 aliphatic carbocycles. The van der Waals surface area contributed by atoms with E-state index in [1.165, 1.54) is 0 Å². The van der Waals surface area contributed by atoms with E-state index in [0.717, 1.165) is 0 Å². The number of nitrogens with two attached hydrogens (primary N) is 4. The summed E-state index contributed by atoms with van der Waals surface area (Å²) in [5, 5.41) is 213. The van der Waals surface area contributed by atoms with Crippen molar-refractivity contribution in [3.8, 4) is 0 Å². The number of rotatable bonds is 9. The van der Waals surface area contributed by atoms with Crippen LogP contribution in [0.3, 0.4) is 0 Å². The van der Waals surface area contributed by atoms with Crippen LogP contribution in [0, 0.1) is 0 Å². The van der Waals surface area contributed by atoms with Crippen LogP contribution in [0.25, 0.3) is 0 Å². The molecule has 21 heterocycles. The zero-order valence-corrected chi connectivity index (χ0v) is 43.6. The number of hydrogen-bond donors (Lipinski definition) is 23. The van der Waals surface area contributed by atoms with Gasteiger partial charge in [0.1, 0.15) is 171 Å². The van der Waals surface area contributed by atoms with Gasteiger partial charge in [-0.25, -0.2) is 0 Å². The highest BCUT2D eigenvalue weighted by Crippen LogP contribution is 2.39. The molecule has 21 aliphatic heterocycles. The van der Waals surface area contributed by atoms with E-state index in [1.807, 2.05) is 0 Å². The second-order valence-electron chi connectivity index (χ2n) is 20.8. The average Bonchev–Trinajstić information content (AvgIpc) is 3.57. The number of ether oxygens (including phenoxy) is 14. The Kier molecular flexibility index (Phi) is 22.4. The lowest BCUT2D eigenvalue weighted by molar-refractivity contribution is -0.395. The molecular weight excluding hydrogens is 1140 g/mol. The molecule has 0 spiro atoms. The summed E-state index contributed by atoms with van der Waals surface area (Å²) in [6, 6.07) is 0. The molecule has 0 aromatic carbocycles. The molecule has 21 aliphatic rings. The first-order valence-corrected chi connectivity index (χ1v) is 26.2. The maximum atomic E-state index is 11.6. The van der Waals surface area contributed by atoms with Gasteiger partial charge in [-0.3, -0.25) is 9.98 Å². The van der Waals surface area contributed by atoms with Crippen molar-refractivity contribution in [2.24, 2.45) is 32.9 Å². The minimum Gasteiger partial charge on any atom is -0.394 e. The van der Waals surface area contributed by atoms with Crippen molar-refractivity contribution in [3.63, 3.8) is 0 Å². The highest BCUT2D eigenvalue weighted by molar-refractivity contribution is 5.76. The molecule has 39 heteroatoms. The Balaban J connectivity index is 1.11. The van der Waals surface area contributed by atoms with Crippen LogP contribution in [-0.4, -0.2) is 370 Å². The van der Waals surface area contributed by atoms with Gasteiger partial charge < -0.3 is 186 Å². The average molecular weight is 1220 g/mol. The molecule has 0 unspecified atom stereocenters. The summed E-state index contributed by atoms with van der Waals surface area (Å²) in [6.07, 6.45) is -70.5. The highest BCUT2D eigenvalue weighted by atomic mass is 16.8. The van der Waals surface area contributed by atoms with Crippen molar-refractivity contribution in [1.82, 2.24) is 0 Å². The minimum atomic E-state index is -2.23. The van der Waals surface area contributed by atoms with Gasteiger partial charge in [0.2, 0.25) is 0 Å². The van der Waals surface area contributed by atoms with Gasteiger partial charge in [-0.05, 0) is 0 Å². The number of hydrogen-bond acceptors (Lipinski definition) is 35. The summed E-state index contributed by atoms with van der Waals surface area (Å²) in [6.45, 7) is -6.55. The van der Waals surface area contributed by atoms with Crippen LogP contribution < -0.4 is 22.9 Å². The van der Waals surface area contributed by atoms with Crippen molar-refractivity contribution >= 4 is 11.9 Å². The van der Waals surface area contributed by atoms with Crippen molar-refractivity contribution in [3.05, 3.63) is 0 Å². The number of aliphatic hydroxyl groups is 19. The number of guanidine groups is 2. The topological polar surface area (TPSA) is 642 Å². The van der Waals surface area contributed by atoms with Gasteiger partial charge in [-0.1, -0.05) is 0 Å². The van der Waals surface area contributed by atoms with Crippen molar-refractivity contribution in [1.29, 1.82) is 0 Å². The molecular formula is C44H76N6O33. The van der Waals surface area contributed by atoms with Crippen LogP contribution in [0.2, 0.25) is 0 Å². The SMILES string of the molecule is NC(N)=NC[C@H]1O[C@@H]2O[C@H]3[C@H](O)[C@@H](O)[C@@H](O[C@H]4[C@H](O)[C@@H](O)[C@@H](O[C@H]5[C@H](O)[C@@H](O)[C@@H](O[C@H]6[C@H](O)[C@@H](O)[C@@H](O[C@H]7[C@H](O)[C@@H](O)[C@@H](O[C@H]8[C@H](O)[C@@H](O)[C@@H](O[C@H]1[C@H](O)[C@H]2O)O[C@@H]8CO)O[C@@H]7CO)O[C@@H]6CO)O[C@@H]5CN=C(N)N)O[C@@H]4CO)O[C@@H]3CO. The molecule has 83 heavy (non-hydrogen) atoms. The van der Waals surface area contributed by atoms with E-state index in [-0.39, 0.29) is 0 Å². The van der Waals surface area contributed by atoms with Gasteiger partial charge in [0, 0.05) is 0 Å². The van der Waals surface area contributed by atoms with E-state index in [1.54, 1.807) is 0 Å². The molecule has 0 aromatic heterocycles. The van der Waals surface area contributed by atoms with E-state index in [4.69, 9.17) is 89.3 Å². The van der Waals surface area contributed by atoms with Crippen molar-refractivity contribution in [2.75, 3.05) is 46.1 Å². The maximum absolute atomic E-state index is 11.6. The Morgan fingerprint density at radius 3 is 0.518 bits per heavy atom. The van der Waals surface area contributed by atoms with E-state index in [2.05, 4.69) is 9.98 Å². The quantitative estimate of drug-likeness (QED) is 0.0753. The maximum Gasteiger partial charge on any atom is 0.187 e. The summed E-state index contributed by atoms with van der Waals surface area (Å²) in [7, 11) is 0. The molecule has 480 valence electrons. The summed E-state index contributed by atoms with van der Waals surface area (Å²) in [4.78, 5) is 7.71. The Hall–Kier alpha value is -2.78. The Labute approximate surface area is 468 Å². The third-order valence-corrected chi connectivity index (χ3v) is 15.3. The third kappa shape index (κ3) is 13.8. The predicted molar refractivity (Wildman–Crippen MR) is 256 cm³/mol. The highest BCUT2D eigenvalue weighted by Gasteiger charge is 2.59.